The van der Waals surface area contributed by atoms with Gasteiger partial charge < -0.3 is 9.64 Å². The number of carbonyl (C=O) groups excluding carboxylic acids is 1. The van der Waals surface area contributed by atoms with Crippen molar-refractivity contribution in [2.75, 3.05) is 13.2 Å². The summed E-state index contributed by atoms with van der Waals surface area (Å²) in [5, 5.41) is 0. The third-order valence-electron chi connectivity index (χ3n) is 6.31. The summed E-state index contributed by atoms with van der Waals surface area (Å²) in [7, 11) is 0. The number of hydrogen-bond donors (Lipinski definition) is 0. The number of aromatic nitrogens is 4. The first-order valence-corrected chi connectivity index (χ1v) is 10.6. The first-order valence-electron chi connectivity index (χ1n) is 10.6. The second-order valence-electron chi connectivity index (χ2n) is 8.39. The van der Waals surface area contributed by atoms with Gasteiger partial charge in [0.25, 0.3) is 5.91 Å². The van der Waals surface area contributed by atoms with Gasteiger partial charge in [-0.15, -0.1) is 0 Å². The second-order valence-corrected chi connectivity index (χ2v) is 8.39. The normalized spacial score (nSPS) is 21.9. The summed E-state index contributed by atoms with van der Waals surface area (Å²) in [5.74, 6) is 0.622. The number of likely N-dealkylation sites (tertiary alicyclic amines) is 1. The number of pyridine rings is 2. The molecule has 0 spiro atoms. The molecule has 1 saturated heterocycles. The number of alkyl halides is 3. The van der Waals surface area contributed by atoms with Crippen molar-refractivity contribution < 1.29 is 22.7 Å². The van der Waals surface area contributed by atoms with Gasteiger partial charge in [0.1, 0.15) is 12.3 Å². The van der Waals surface area contributed by atoms with Gasteiger partial charge in [-0.3, -0.25) is 9.78 Å². The lowest BCUT2D eigenvalue weighted by Gasteiger charge is -2.38. The Balaban J connectivity index is 1.38. The minimum Gasteiger partial charge on any atom is -0.475 e. The average Bonchev–Trinajstić information content (AvgIpc) is 3.42. The van der Waals surface area contributed by atoms with Gasteiger partial charge in [0, 0.05) is 37.4 Å². The van der Waals surface area contributed by atoms with E-state index in [0.29, 0.717) is 23.9 Å². The first-order chi connectivity index (χ1) is 15.9. The van der Waals surface area contributed by atoms with Crippen molar-refractivity contribution in [1.82, 2.24) is 24.8 Å². The maximum absolute atomic E-state index is 13.6. The Hall–Kier alpha value is -3.56. The summed E-state index contributed by atoms with van der Waals surface area (Å²) in [6, 6.07) is 7.33. The van der Waals surface area contributed by atoms with Gasteiger partial charge in [0.2, 0.25) is 5.88 Å². The molecule has 0 radical (unpaired) electrons. The number of carbonyl (C=O) groups is 1. The van der Waals surface area contributed by atoms with E-state index in [2.05, 4.69) is 19.9 Å². The van der Waals surface area contributed by atoms with Gasteiger partial charge in [-0.1, -0.05) is 0 Å². The summed E-state index contributed by atoms with van der Waals surface area (Å²) in [6.07, 6.45) is 3.54. The fraction of sp³-hybridized carbons (Fsp3) is 0.348. The third-order valence-corrected chi connectivity index (χ3v) is 6.31. The highest BCUT2D eigenvalue weighted by molar-refractivity contribution is 5.98. The number of amides is 1. The fourth-order valence-electron chi connectivity index (χ4n) is 4.74. The van der Waals surface area contributed by atoms with E-state index in [9.17, 15) is 18.0 Å². The quantitative estimate of drug-likeness (QED) is 0.578. The van der Waals surface area contributed by atoms with Crippen LogP contribution in [0, 0.1) is 5.92 Å². The van der Waals surface area contributed by atoms with Crippen LogP contribution in [0.25, 0.3) is 11.4 Å². The van der Waals surface area contributed by atoms with Crippen LogP contribution in [-0.2, 0) is 6.18 Å². The number of piperidine rings is 1. The molecule has 2 bridgehead atoms. The highest BCUT2D eigenvalue weighted by Crippen LogP contribution is 2.47. The number of fused-ring (bicyclic) bond motifs is 2. The zero-order valence-corrected chi connectivity index (χ0v) is 17.5. The molecule has 2 unspecified atom stereocenters. The Labute approximate surface area is 187 Å². The van der Waals surface area contributed by atoms with Crippen molar-refractivity contribution in [3.05, 3.63) is 66.4 Å². The maximum atomic E-state index is 13.6. The Morgan fingerprint density at radius 2 is 1.88 bits per heavy atom. The topological polar surface area (TPSA) is 81.1 Å². The summed E-state index contributed by atoms with van der Waals surface area (Å²) in [6.45, 7) is 0.728. The van der Waals surface area contributed by atoms with E-state index >= 15 is 0 Å². The smallest absolute Gasteiger partial charge is 0.417 e. The van der Waals surface area contributed by atoms with E-state index < -0.39 is 17.3 Å². The summed E-state index contributed by atoms with van der Waals surface area (Å²) < 4.78 is 44.2. The van der Waals surface area contributed by atoms with Crippen LogP contribution < -0.4 is 4.74 Å². The highest BCUT2D eigenvalue weighted by atomic mass is 19.4. The molecule has 5 rings (SSSR count). The number of rotatable bonds is 5. The van der Waals surface area contributed by atoms with E-state index in [0.717, 1.165) is 31.5 Å². The van der Waals surface area contributed by atoms with Crippen molar-refractivity contribution >= 4 is 5.91 Å². The van der Waals surface area contributed by atoms with Crippen LogP contribution in [0.1, 0.15) is 35.3 Å². The van der Waals surface area contributed by atoms with Gasteiger partial charge in [-0.2, -0.15) is 13.2 Å². The lowest BCUT2D eigenvalue weighted by atomic mass is 9.97. The average molecular weight is 455 g/mol. The molecule has 2 atom stereocenters. The Morgan fingerprint density at radius 1 is 1.09 bits per heavy atom. The van der Waals surface area contributed by atoms with E-state index in [4.69, 9.17) is 4.74 Å². The first kappa shape index (κ1) is 21.3. The summed E-state index contributed by atoms with van der Waals surface area (Å²) in [5.41, 5.74) is -0.578. The zero-order chi connectivity index (χ0) is 23.1. The SMILES string of the molecule is O=C(c1ncccc1-c1ncccn1)N1CC2CCC1(COc1ccc(C(F)(F)F)cn1)C2. The predicted molar refractivity (Wildman–Crippen MR) is 111 cm³/mol. The largest absolute Gasteiger partial charge is 0.475 e. The molecule has 1 aliphatic heterocycles. The molecule has 2 fully saturated rings. The molecule has 3 aromatic rings. The molecule has 1 aliphatic carbocycles. The highest BCUT2D eigenvalue weighted by Gasteiger charge is 2.53. The third kappa shape index (κ3) is 4.01. The lowest BCUT2D eigenvalue weighted by molar-refractivity contribution is -0.137. The molecule has 33 heavy (non-hydrogen) atoms. The van der Waals surface area contributed by atoms with Crippen LogP contribution in [0.15, 0.2) is 55.1 Å². The van der Waals surface area contributed by atoms with Crippen LogP contribution in [0.2, 0.25) is 0 Å². The van der Waals surface area contributed by atoms with Crippen LogP contribution >= 0.6 is 0 Å². The summed E-state index contributed by atoms with van der Waals surface area (Å²) in [4.78, 5) is 32.0. The van der Waals surface area contributed by atoms with Crippen LogP contribution in [0.5, 0.6) is 5.88 Å². The molecule has 1 saturated carbocycles. The van der Waals surface area contributed by atoms with Gasteiger partial charge in [0.05, 0.1) is 16.7 Å². The Morgan fingerprint density at radius 3 is 2.58 bits per heavy atom. The molecule has 10 heteroatoms. The molecular weight excluding hydrogens is 435 g/mol. The molecule has 0 aromatic carbocycles. The van der Waals surface area contributed by atoms with E-state index in [1.165, 1.54) is 6.07 Å². The van der Waals surface area contributed by atoms with Gasteiger partial charge in [0.15, 0.2) is 5.82 Å². The molecule has 4 heterocycles. The van der Waals surface area contributed by atoms with Crippen molar-refractivity contribution in [3.8, 4) is 17.3 Å². The van der Waals surface area contributed by atoms with Gasteiger partial charge >= 0.3 is 6.18 Å². The fourth-order valence-corrected chi connectivity index (χ4v) is 4.74. The van der Waals surface area contributed by atoms with Gasteiger partial charge in [-0.05, 0) is 49.4 Å². The second kappa shape index (κ2) is 8.09. The van der Waals surface area contributed by atoms with Crippen LogP contribution in [-0.4, -0.2) is 49.4 Å². The van der Waals surface area contributed by atoms with Crippen molar-refractivity contribution in [2.45, 2.75) is 31.0 Å². The lowest BCUT2D eigenvalue weighted by Crippen LogP contribution is -2.52. The Kier molecular flexibility index (Phi) is 5.22. The van der Waals surface area contributed by atoms with Crippen LogP contribution in [0.4, 0.5) is 13.2 Å². The van der Waals surface area contributed by atoms with Crippen molar-refractivity contribution in [2.24, 2.45) is 5.92 Å². The number of hydrogen-bond acceptors (Lipinski definition) is 6. The molecule has 170 valence electrons. The van der Waals surface area contributed by atoms with E-state index in [-0.39, 0.29) is 24.1 Å². The standard InChI is InChI=1S/C23H20F3N5O2/c24-23(25,26)16-4-5-18(30-12-16)33-14-22-7-6-15(11-22)13-31(22)21(32)19-17(3-1-8-27-19)20-28-9-2-10-29-20/h1-5,8-10,12,15H,6-7,11,13-14H2. The zero-order valence-electron chi connectivity index (χ0n) is 17.5. The molecule has 3 aromatic heterocycles. The van der Waals surface area contributed by atoms with Gasteiger partial charge in [-0.25, -0.2) is 15.0 Å². The minimum atomic E-state index is -4.46. The number of nitrogens with zero attached hydrogens (tertiary/aromatic N) is 5. The Bertz CT molecular complexity index is 1160. The minimum absolute atomic E-state index is 0.0938. The number of halogens is 3. The molecule has 2 aliphatic rings. The maximum Gasteiger partial charge on any atom is 0.417 e. The van der Waals surface area contributed by atoms with E-state index in [1.807, 2.05) is 0 Å². The molecule has 1 amide bonds. The van der Waals surface area contributed by atoms with Crippen molar-refractivity contribution in [3.63, 3.8) is 0 Å². The molecule has 0 N–H and O–H groups in total. The van der Waals surface area contributed by atoms with Crippen molar-refractivity contribution in [1.29, 1.82) is 0 Å². The molecule has 7 nitrogen and oxygen atoms in total. The van der Waals surface area contributed by atoms with E-state index in [1.54, 1.807) is 41.7 Å². The molecular formula is C23H20F3N5O2. The monoisotopic (exact) mass is 455 g/mol. The number of ether oxygens (including phenoxy) is 1. The summed E-state index contributed by atoms with van der Waals surface area (Å²) >= 11 is 0. The predicted octanol–water partition coefficient (Wildman–Crippen LogP) is 4.03. The van der Waals surface area contributed by atoms with Crippen LogP contribution in [0.3, 0.4) is 0 Å².